The molecule has 1 aliphatic rings. The van der Waals surface area contributed by atoms with Crippen molar-refractivity contribution in [1.29, 1.82) is 0 Å². The van der Waals surface area contributed by atoms with Gasteiger partial charge in [0, 0.05) is 24.7 Å². The van der Waals surface area contributed by atoms with Crippen LogP contribution in [0.2, 0.25) is 10.0 Å². The van der Waals surface area contributed by atoms with Crippen LogP contribution in [0, 0.1) is 0 Å². The fourth-order valence-corrected chi connectivity index (χ4v) is 4.25. The average molecular weight is 447 g/mol. The van der Waals surface area contributed by atoms with Crippen LogP contribution >= 0.6 is 23.2 Å². The second-order valence-electron chi connectivity index (χ2n) is 7.15. The number of piperidine rings is 1. The van der Waals surface area contributed by atoms with Crippen molar-refractivity contribution in [3.63, 3.8) is 0 Å². The summed E-state index contributed by atoms with van der Waals surface area (Å²) in [5.74, 6) is 0.192. The van der Waals surface area contributed by atoms with Crippen molar-refractivity contribution in [3.05, 3.63) is 63.8 Å². The van der Waals surface area contributed by atoms with Gasteiger partial charge in [-0.15, -0.1) is 0 Å². The Balaban J connectivity index is 1.40. The summed E-state index contributed by atoms with van der Waals surface area (Å²) in [4.78, 5) is 27.3. The zero-order valence-corrected chi connectivity index (χ0v) is 17.8. The van der Waals surface area contributed by atoms with Crippen molar-refractivity contribution in [2.24, 2.45) is 0 Å². The summed E-state index contributed by atoms with van der Waals surface area (Å²) in [6.07, 6.45) is 2.84. The number of hydrogen-bond donors (Lipinski definition) is 1. The van der Waals surface area contributed by atoms with Gasteiger partial charge >= 0.3 is 0 Å². The third-order valence-corrected chi connectivity index (χ3v) is 5.94. The van der Waals surface area contributed by atoms with E-state index in [0.717, 1.165) is 5.39 Å². The first-order valence-corrected chi connectivity index (χ1v) is 10.3. The molecular formula is C22H20Cl2N2O4. The van der Waals surface area contributed by atoms with Crippen molar-refractivity contribution >= 4 is 46.0 Å². The molecule has 1 aromatic heterocycles. The Morgan fingerprint density at radius 3 is 2.50 bits per heavy atom. The van der Waals surface area contributed by atoms with Gasteiger partial charge in [0.25, 0.3) is 11.8 Å². The number of ether oxygens (including phenoxy) is 1. The highest BCUT2D eigenvalue weighted by molar-refractivity contribution is 6.39. The fourth-order valence-electron chi connectivity index (χ4n) is 3.69. The smallest absolute Gasteiger partial charge is 0.256 e. The fraction of sp³-hybridized carbons (Fsp3) is 0.273. The summed E-state index contributed by atoms with van der Waals surface area (Å²) in [6, 6.07) is 10.2. The van der Waals surface area contributed by atoms with Crippen LogP contribution in [0.25, 0.3) is 11.0 Å². The molecule has 3 aromatic rings. The second kappa shape index (κ2) is 8.58. The molecule has 0 spiro atoms. The zero-order chi connectivity index (χ0) is 21.3. The largest absolute Gasteiger partial charge is 0.496 e. The van der Waals surface area contributed by atoms with Crippen LogP contribution in [0.4, 0.5) is 0 Å². The molecule has 4 rings (SSSR count). The van der Waals surface area contributed by atoms with Gasteiger partial charge in [0.2, 0.25) is 0 Å². The molecule has 8 heteroatoms. The first-order chi connectivity index (χ1) is 14.5. The van der Waals surface area contributed by atoms with Gasteiger partial charge in [0.15, 0.2) is 0 Å². The number of nitrogens with zero attached hydrogens (tertiary/aromatic N) is 1. The first kappa shape index (κ1) is 20.6. The number of halogens is 2. The summed E-state index contributed by atoms with van der Waals surface area (Å²) in [7, 11) is 1.56. The van der Waals surface area contributed by atoms with E-state index in [-0.39, 0.29) is 17.9 Å². The average Bonchev–Trinajstić information content (AvgIpc) is 3.22. The quantitative estimate of drug-likeness (QED) is 0.625. The number of fused-ring (bicyclic) bond motifs is 1. The summed E-state index contributed by atoms with van der Waals surface area (Å²) in [6.45, 7) is 1.01. The molecular weight excluding hydrogens is 427 g/mol. The number of carbonyl (C=O) groups excluding carboxylic acids is 2. The summed E-state index contributed by atoms with van der Waals surface area (Å²) in [5, 5.41) is 4.53. The summed E-state index contributed by atoms with van der Waals surface area (Å²) in [5.41, 5.74) is 1.38. The van der Waals surface area contributed by atoms with E-state index < -0.39 is 0 Å². The molecule has 0 bridgehead atoms. The van der Waals surface area contributed by atoms with Crippen LogP contribution in [0.15, 0.2) is 47.1 Å². The van der Waals surface area contributed by atoms with Gasteiger partial charge in [-0.2, -0.15) is 0 Å². The van der Waals surface area contributed by atoms with E-state index in [1.54, 1.807) is 54.7 Å². The normalized spacial score (nSPS) is 14.7. The lowest BCUT2D eigenvalue weighted by Gasteiger charge is -2.32. The minimum atomic E-state index is -0.203. The second-order valence-corrected chi connectivity index (χ2v) is 7.96. The lowest BCUT2D eigenvalue weighted by atomic mass is 10.0. The molecule has 2 aromatic carbocycles. The van der Waals surface area contributed by atoms with Gasteiger partial charge in [-0.25, -0.2) is 0 Å². The van der Waals surface area contributed by atoms with Crippen molar-refractivity contribution in [1.82, 2.24) is 10.2 Å². The molecule has 1 saturated heterocycles. The van der Waals surface area contributed by atoms with Crippen LogP contribution in [0.3, 0.4) is 0 Å². The molecule has 2 heterocycles. The van der Waals surface area contributed by atoms with E-state index in [0.29, 0.717) is 58.4 Å². The Kier molecular flexibility index (Phi) is 5.88. The molecule has 0 saturated carbocycles. The predicted octanol–water partition coefficient (Wildman–Crippen LogP) is 4.78. The van der Waals surface area contributed by atoms with Crippen molar-refractivity contribution < 1.29 is 18.7 Å². The molecule has 156 valence electrons. The first-order valence-electron chi connectivity index (χ1n) is 9.57. The summed E-state index contributed by atoms with van der Waals surface area (Å²) < 4.78 is 10.8. The molecule has 1 aliphatic heterocycles. The molecule has 0 radical (unpaired) electrons. The van der Waals surface area contributed by atoms with Crippen LogP contribution in [-0.2, 0) is 0 Å². The molecule has 0 atom stereocenters. The maximum Gasteiger partial charge on any atom is 0.256 e. The van der Waals surface area contributed by atoms with Gasteiger partial charge in [-0.05, 0) is 43.2 Å². The summed E-state index contributed by atoms with van der Waals surface area (Å²) >= 11 is 12.3. The van der Waals surface area contributed by atoms with E-state index in [1.807, 2.05) is 0 Å². The SMILES string of the molecule is COc1cc(C(=O)NC2CCN(C(=O)c3c(Cl)cccc3Cl)CC2)cc2occc12. The van der Waals surface area contributed by atoms with Gasteiger partial charge in [0.05, 0.1) is 34.4 Å². The van der Waals surface area contributed by atoms with Crippen molar-refractivity contribution in [2.45, 2.75) is 18.9 Å². The Hall–Kier alpha value is -2.70. The number of furan rings is 1. The molecule has 0 unspecified atom stereocenters. The maximum absolute atomic E-state index is 12.8. The third-order valence-electron chi connectivity index (χ3n) is 5.31. The number of hydrogen-bond acceptors (Lipinski definition) is 4. The van der Waals surface area contributed by atoms with Gasteiger partial charge < -0.3 is 19.4 Å². The third kappa shape index (κ3) is 3.98. The van der Waals surface area contributed by atoms with Crippen LogP contribution in [0.1, 0.15) is 33.6 Å². The van der Waals surface area contributed by atoms with E-state index in [9.17, 15) is 9.59 Å². The van der Waals surface area contributed by atoms with E-state index in [2.05, 4.69) is 5.32 Å². The monoisotopic (exact) mass is 446 g/mol. The predicted molar refractivity (Wildman–Crippen MR) is 116 cm³/mol. The van der Waals surface area contributed by atoms with Crippen molar-refractivity contribution in [3.8, 4) is 5.75 Å². The zero-order valence-electron chi connectivity index (χ0n) is 16.3. The lowest BCUT2D eigenvalue weighted by Crippen LogP contribution is -2.46. The number of carbonyl (C=O) groups is 2. The maximum atomic E-state index is 12.8. The molecule has 1 fully saturated rings. The van der Waals surface area contributed by atoms with Crippen molar-refractivity contribution in [2.75, 3.05) is 20.2 Å². The van der Waals surface area contributed by atoms with E-state index in [4.69, 9.17) is 32.4 Å². The highest BCUT2D eigenvalue weighted by Gasteiger charge is 2.27. The topological polar surface area (TPSA) is 71.8 Å². The Bertz CT molecular complexity index is 1080. The number of benzene rings is 2. The van der Waals surface area contributed by atoms with Crippen LogP contribution < -0.4 is 10.1 Å². The number of rotatable bonds is 4. The number of methoxy groups -OCH3 is 1. The number of nitrogens with one attached hydrogen (secondary N) is 1. The van der Waals surface area contributed by atoms with Crippen LogP contribution in [0.5, 0.6) is 5.75 Å². The van der Waals surface area contributed by atoms with Crippen LogP contribution in [-0.4, -0.2) is 43.0 Å². The van der Waals surface area contributed by atoms with Gasteiger partial charge in [-0.1, -0.05) is 29.3 Å². The minimum Gasteiger partial charge on any atom is -0.496 e. The highest BCUT2D eigenvalue weighted by atomic mass is 35.5. The molecule has 0 aliphatic carbocycles. The van der Waals surface area contributed by atoms with E-state index >= 15 is 0 Å². The minimum absolute atomic E-state index is 0.0402. The number of amides is 2. The molecule has 1 N–H and O–H groups in total. The highest BCUT2D eigenvalue weighted by Crippen LogP contribution is 2.29. The van der Waals surface area contributed by atoms with Gasteiger partial charge in [0.1, 0.15) is 11.3 Å². The van der Waals surface area contributed by atoms with Gasteiger partial charge in [-0.3, -0.25) is 9.59 Å². The Morgan fingerprint density at radius 2 is 1.83 bits per heavy atom. The Morgan fingerprint density at radius 1 is 1.13 bits per heavy atom. The lowest BCUT2D eigenvalue weighted by molar-refractivity contribution is 0.0698. The number of likely N-dealkylation sites (tertiary alicyclic amines) is 1. The standard InChI is InChI=1S/C22H20Cl2N2O4/c1-29-18-11-13(12-19-15(18)7-10-30-19)21(27)25-14-5-8-26(9-6-14)22(28)20-16(23)3-2-4-17(20)24/h2-4,7,10-12,14H,5-6,8-9H2,1H3,(H,25,27). The molecule has 6 nitrogen and oxygen atoms in total. The van der Waals surface area contributed by atoms with E-state index in [1.165, 1.54) is 0 Å². The Labute approximate surface area is 183 Å². The molecule has 2 amide bonds. The molecule has 30 heavy (non-hydrogen) atoms.